The molecule has 5 N–H and O–H groups in total. The van der Waals surface area contributed by atoms with Crippen molar-refractivity contribution >= 4 is 23.0 Å². The van der Waals surface area contributed by atoms with Crippen molar-refractivity contribution in [1.29, 1.82) is 0 Å². The first-order valence-electron chi connectivity index (χ1n) is 6.79. The second-order valence-electron chi connectivity index (χ2n) is 4.66. The molecule has 2 aromatic rings. The van der Waals surface area contributed by atoms with Gasteiger partial charge in [-0.1, -0.05) is 6.92 Å². The third-order valence-corrected chi connectivity index (χ3v) is 2.94. The van der Waals surface area contributed by atoms with Crippen LogP contribution in [0.25, 0.3) is 0 Å². The molecule has 0 radical (unpaired) electrons. The molecule has 110 valence electrons. The summed E-state index contributed by atoms with van der Waals surface area (Å²) in [6, 6.07) is 12.4. The minimum atomic E-state index is -0.485. The van der Waals surface area contributed by atoms with Gasteiger partial charge in [-0.05, 0) is 48.9 Å². The molecule has 0 aliphatic carbocycles. The number of carbonyl (C=O) groups is 1. The number of hydrogen-bond acceptors (Lipinski definition) is 4. The molecule has 2 aromatic carbocycles. The largest absolute Gasteiger partial charge is 0.494 e. The van der Waals surface area contributed by atoms with Gasteiger partial charge in [-0.25, -0.2) is 0 Å². The maximum Gasteiger partial charge on any atom is 0.248 e. The van der Waals surface area contributed by atoms with Crippen LogP contribution in [-0.2, 0) is 0 Å². The molecule has 0 bridgehead atoms. The van der Waals surface area contributed by atoms with Gasteiger partial charge >= 0.3 is 0 Å². The fourth-order valence-corrected chi connectivity index (χ4v) is 1.83. The van der Waals surface area contributed by atoms with Crippen LogP contribution < -0.4 is 21.5 Å². The average Bonchev–Trinajstić information content (AvgIpc) is 2.48. The quantitative estimate of drug-likeness (QED) is 0.712. The predicted octanol–water partition coefficient (Wildman–Crippen LogP) is 2.90. The molecule has 0 fully saturated rings. The molecular weight excluding hydrogens is 266 g/mol. The SMILES string of the molecule is CCCOc1ccc(Nc2cc(C(N)=O)ccc2N)cc1. The van der Waals surface area contributed by atoms with Gasteiger partial charge in [0.15, 0.2) is 0 Å². The van der Waals surface area contributed by atoms with Gasteiger partial charge in [0.25, 0.3) is 0 Å². The number of nitrogens with two attached hydrogens (primary N) is 2. The molecule has 21 heavy (non-hydrogen) atoms. The van der Waals surface area contributed by atoms with Crippen LogP contribution in [0.1, 0.15) is 23.7 Å². The van der Waals surface area contributed by atoms with Gasteiger partial charge in [0, 0.05) is 11.3 Å². The Bertz CT molecular complexity index is 624. The number of amides is 1. The molecule has 0 aliphatic rings. The van der Waals surface area contributed by atoms with E-state index in [-0.39, 0.29) is 0 Å². The molecule has 0 heterocycles. The maximum absolute atomic E-state index is 11.2. The first-order valence-corrected chi connectivity index (χ1v) is 6.79. The van der Waals surface area contributed by atoms with Crippen LogP contribution in [0.15, 0.2) is 42.5 Å². The minimum Gasteiger partial charge on any atom is -0.494 e. The van der Waals surface area contributed by atoms with Gasteiger partial charge in [-0.15, -0.1) is 0 Å². The third-order valence-electron chi connectivity index (χ3n) is 2.94. The maximum atomic E-state index is 11.2. The second-order valence-corrected chi connectivity index (χ2v) is 4.66. The summed E-state index contributed by atoms with van der Waals surface area (Å²) in [7, 11) is 0. The number of carbonyl (C=O) groups excluding carboxylic acids is 1. The number of nitrogen functional groups attached to an aromatic ring is 1. The highest BCUT2D eigenvalue weighted by Gasteiger charge is 2.05. The smallest absolute Gasteiger partial charge is 0.248 e. The van der Waals surface area contributed by atoms with Gasteiger partial charge in [0.1, 0.15) is 5.75 Å². The Morgan fingerprint density at radius 1 is 1.19 bits per heavy atom. The first kappa shape index (κ1) is 14.7. The van der Waals surface area contributed by atoms with Crippen LogP contribution in [0.2, 0.25) is 0 Å². The highest BCUT2D eigenvalue weighted by atomic mass is 16.5. The molecule has 5 nitrogen and oxygen atoms in total. The Hall–Kier alpha value is -2.69. The van der Waals surface area contributed by atoms with Crippen LogP contribution >= 0.6 is 0 Å². The van der Waals surface area contributed by atoms with Crippen LogP contribution in [0.4, 0.5) is 17.1 Å². The van der Waals surface area contributed by atoms with Gasteiger partial charge in [-0.3, -0.25) is 4.79 Å². The van der Waals surface area contributed by atoms with Crippen molar-refractivity contribution in [2.24, 2.45) is 5.73 Å². The zero-order valence-corrected chi connectivity index (χ0v) is 11.9. The van der Waals surface area contributed by atoms with Gasteiger partial charge in [0.05, 0.1) is 18.0 Å². The van der Waals surface area contributed by atoms with Crippen LogP contribution in [0, 0.1) is 0 Å². The van der Waals surface area contributed by atoms with Gasteiger partial charge in [0.2, 0.25) is 5.91 Å². The summed E-state index contributed by atoms with van der Waals surface area (Å²) in [6.07, 6.45) is 0.969. The molecule has 0 atom stereocenters. The number of benzene rings is 2. The van der Waals surface area contributed by atoms with Gasteiger partial charge < -0.3 is 21.5 Å². The number of hydrogen-bond donors (Lipinski definition) is 3. The first-order chi connectivity index (χ1) is 10.1. The van der Waals surface area contributed by atoms with Crippen molar-refractivity contribution in [1.82, 2.24) is 0 Å². The Morgan fingerprint density at radius 2 is 1.90 bits per heavy atom. The highest BCUT2D eigenvalue weighted by molar-refractivity contribution is 5.95. The normalized spacial score (nSPS) is 10.1. The Morgan fingerprint density at radius 3 is 2.52 bits per heavy atom. The summed E-state index contributed by atoms with van der Waals surface area (Å²) >= 11 is 0. The van der Waals surface area contributed by atoms with E-state index < -0.39 is 5.91 Å². The van der Waals surface area contributed by atoms with E-state index >= 15 is 0 Å². The van der Waals surface area contributed by atoms with Crippen molar-refractivity contribution < 1.29 is 9.53 Å². The Balaban J connectivity index is 2.14. The number of primary amides is 1. The molecule has 0 saturated heterocycles. The van der Waals surface area contributed by atoms with E-state index in [4.69, 9.17) is 16.2 Å². The van der Waals surface area contributed by atoms with Crippen LogP contribution in [0.5, 0.6) is 5.75 Å². The summed E-state index contributed by atoms with van der Waals surface area (Å²) in [5, 5.41) is 3.16. The summed E-state index contributed by atoms with van der Waals surface area (Å²) in [4.78, 5) is 11.2. The highest BCUT2D eigenvalue weighted by Crippen LogP contribution is 2.25. The minimum absolute atomic E-state index is 0.412. The van der Waals surface area contributed by atoms with Crippen LogP contribution in [0.3, 0.4) is 0 Å². The van der Waals surface area contributed by atoms with Crippen molar-refractivity contribution in [2.45, 2.75) is 13.3 Å². The summed E-state index contributed by atoms with van der Waals surface area (Å²) in [5.41, 5.74) is 13.6. The topological polar surface area (TPSA) is 90.4 Å². The van der Waals surface area contributed by atoms with Crippen molar-refractivity contribution in [3.05, 3.63) is 48.0 Å². The Kier molecular flexibility index (Phi) is 4.66. The van der Waals surface area contributed by atoms with E-state index in [0.717, 1.165) is 17.9 Å². The number of rotatable bonds is 6. The van der Waals surface area contributed by atoms with Crippen molar-refractivity contribution in [3.63, 3.8) is 0 Å². The standard InChI is InChI=1S/C16H19N3O2/c1-2-9-21-13-6-4-12(5-7-13)19-15-10-11(16(18)20)3-8-14(15)17/h3-8,10,19H,2,9,17H2,1H3,(H2,18,20). The summed E-state index contributed by atoms with van der Waals surface area (Å²) in [5.74, 6) is 0.336. The van der Waals surface area contributed by atoms with E-state index in [9.17, 15) is 4.79 Å². The molecule has 2 rings (SSSR count). The molecule has 0 aromatic heterocycles. The monoisotopic (exact) mass is 285 g/mol. The molecule has 0 aliphatic heterocycles. The second kappa shape index (κ2) is 6.65. The van der Waals surface area contributed by atoms with Gasteiger partial charge in [-0.2, -0.15) is 0 Å². The summed E-state index contributed by atoms with van der Waals surface area (Å²) < 4.78 is 5.52. The average molecular weight is 285 g/mol. The lowest BCUT2D eigenvalue weighted by Crippen LogP contribution is -2.11. The number of ether oxygens (including phenoxy) is 1. The lowest BCUT2D eigenvalue weighted by molar-refractivity contribution is 0.100. The molecule has 0 saturated carbocycles. The zero-order valence-electron chi connectivity index (χ0n) is 11.9. The molecule has 1 amide bonds. The summed E-state index contributed by atoms with van der Waals surface area (Å²) in [6.45, 7) is 2.75. The number of nitrogens with one attached hydrogen (secondary N) is 1. The van der Waals surface area contributed by atoms with Crippen molar-refractivity contribution in [3.8, 4) is 5.75 Å². The van der Waals surface area contributed by atoms with E-state index in [1.165, 1.54) is 0 Å². The third kappa shape index (κ3) is 3.89. The fourth-order valence-electron chi connectivity index (χ4n) is 1.83. The predicted molar refractivity (Wildman–Crippen MR) is 84.9 cm³/mol. The van der Waals surface area contributed by atoms with E-state index in [0.29, 0.717) is 23.5 Å². The molecule has 5 heteroatoms. The zero-order chi connectivity index (χ0) is 15.2. The Labute approximate surface area is 123 Å². The fraction of sp³-hybridized carbons (Fsp3) is 0.188. The van der Waals surface area contributed by atoms with E-state index in [2.05, 4.69) is 12.2 Å². The lowest BCUT2D eigenvalue weighted by atomic mass is 10.1. The van der Waals surface area contributed by atoms with Crippen molar-refractivity contribution in [2.75, 3.05) is 17.7 Å². The van der Waals surface area contributed by atoms with E-state index in [1.807, 2.05) is 24.3 Å². The molecule has 0 unspecified atom stereocenters. The van der Waals surface area contributed by atoms with Crippen LogP contribution in [-0.4, -0.2) is 12.5 Å². The lowest BCUT2D eigenvalue weighted by Gasteiger charge is -2.11. The van der Waals surface area contributed by atoms with E-state index in [1.54, 1.807) is 18.2 Å². The molecule has 0 spiro atoms. The number of anilines is 3. The molecular formula is C16H19N3O2.